The van der Waals surface area contributed by atoms with Crippen molar-refractivity contribution < 1.29 is 55.4 Å². The predicted molar refractivity (Wildman–Crippen MR) is 134 cm³/mol. The zero-order valence-electron chi connectivity index (χ0n) is 21.9. The minimum Gasteiger partial charge on any atom is -0.475 e. The summed E-state index contributed by atoms with van der Waals surface area (Å²) in [6.07, 6.45) is -7.27. The van der Waals surface area contributed by atoms with Crippen molar-refractivity contribution in [2.75, 3.05) is 37.7 Å². The molecule has 11 nitrogen and oxygen atoms in total. The number of carboxylic acid groups (broad SMARTS) is 2. The molecule has 3 N–H and O–H groups in total. The van der Waals surface area contributed by atoms with Gasteiger partial charge in [0, 0.05) is 48.3 Å². The van der Waals surface area contributed by atoms with E-state index in [1.807, 2.05) is 25.3 Å². The number of hydrogen-bond acceptors (Lipinski definition) is 9. The van der Waals surface area contributed by atoms with Crippen LogP contribution in [0.2, 0.25) is 0 Å². The Morgan fingerprint density at radius 1 is 1.02 bits per heavy atom. The lowest BCUT2D eigenvalue weighted by Crippen LogP contribution is -2.36. The molecule has 1 saturated heterocycles. The number of fused-ring (bicyclic) bond motifs is 1. The molecule has 3 aromatic rings. The van der Waals surface area contributed by atoms with Crippen LogP contribution in [0.4, 0.5) is 32.0 Å². The van der Waals surface area contributed by atoms with Crippen molar-refractivity contribution in [1.29, 1.82) is 0 Å². The number of carbonyl (C=O) groups is 2. The normalized spacial score (nSPS) is 15.0. The highest BCUT2D eigenvalue weighted by Gasteiger charge is 2.38. The van der Waals surface area contributed by atoms with E-state index in [1.54, 1.807) is 0 Å². The summed E-state index contributed by atoms with van der Waals surface area (Å²) >= 11 is 0. The minimum atomic E-state index is -5.08. The number of aromatic nitrogens is 3. The molecule has 17 heteroatoms. The van der Waals surface area contributed by atoms with Crippen molar-refractivity contribution in [2.24, 2.45) is 0 Å². The minimum absolute atomic E-state index is 0.538. The fourth-order valence-electron chi connectivity index (χ4n) is 3.97. The van der Waals surface area contributed by atoms with Gasteiger partial charge >= 0.3 is 24.3 Å². The van der Waals surface area contributed by atoms with Gasteiger partial charge in [0.25, 0.3) is 5.89 Å². The van der Waals surface area contributed by atoms with Crippen molar-refractivity contribution in [3.05, 3.63) is 47.3 Å². The fraction of sp³-hybridized carbons (Fsp3) is 0.400. The number of nitrogens with zero attached hydrogens (tertiary/aromatic N) is 4. The molecule has 0 spiro atoms. The maximum absolute atomic E-state index is 10.6. The molecule has 0 radical (unpaired) electrons. The van der Waals surface area contributed by atoms with Gasteiger partial charge in [-0.1, -0.05) is 11.2 Å². The fourth-order valence-corrected chi connectivity index (χ4v) is 3.97. The second-order valence-corrected chi connectivity index (χ2v) is 8.83. The van der Waals surface area contributed by atoms with Crippen LogP contribution in [0.5, 0.6) is 0 Å². The number of pyridine rings is 1. The summed E-state index contributed by atoms with van der Waals surface area (Å²) in [5.41, 5.74) is 6.53. The van der Waals surface area contributed by atoms with E-state index in [0.29, 0.717) is 11.7 Å². The Labute approximate surface area is 234 Å². The third kappa shape index (κ3) is 8.62. The molecule has 4 heterocycles. The number of morpholine rings is 1. The zero-order valence-corrected chi connectivity index (χ0v) is 21.9. The molecule has 0 atom stereocenters. The Hall–Kier alpha value is -4.25. The lowest BCUT2D eigenvalue weighted by molar-refractivity contribution is -0.193. The summed E-state index contributed by atoms with van der Waals surface area (Å²) in [7, 11) is 0. The van der Waals surface area contributed by atoms with Crippen molar-refractivity contribution >= 4 is 17.6 Å². The highest BCUT2D eigenvalue weighted by atomic mass is 19.4. The van der Waals surface area contributed by atoms with Crippen LogP contribution in [0.3, 0.4) is 0 Å². The first-order valence-electron chi connectivity index (χ1n) is 12.2. The molecule has 2 aliphatic heterocycles. The number of aryl methyl sites for hydroxylation is 1. The topological polar surface area (TPSA) is 151 Å². The lowest BCUT2D eigenvalue weighted by Gasteiger charge is -2.28. The summed E-state index contributed by atoms with van der Waals surface area (Å²) in [6.45, 7) is 7.11. The van der Waals surface area contributed by atoms with Crippen LogP contribution in [0.1, 0.15) is 16.8 Å². The molecule has 1 fully saturated rings. The number of rotatable bonds is 3. The largest absolute Gasteiger partial charge is 0.490 e. The number of nitrogens with one attached hydrogen (secondary N) is 1. The number of aliphatic carboxylic acids is 2. The van der Waals surface area contributed by atoms with Crippen molar-refractivity contribution in [3.8, 4) is 22.8 Å². The molecular formula is C25H25F6N5O6. The van der Waals surface area contributed by atoms with E-state index in [-0.39, 0.29) is 0 Å². The second kappa shape index (κ2) is 13.6. The van der Waals surface area contributed by atoms with Gasteiger partial charge in [-0.05, 0) is 49.2 Å². The first-order chi connectivity index (χ1) is 19.7. The van der Waals surface area contributed by atoms with Crippen LogP contribution in [-0.2, 0) is 27.3 Å². The first-order valence-corrected chi connectivity index (χ1v) is 12.2. The van der Waals surface area contributed by atoms with Gasteiger partial charge < -0.3 is 29.7 Å². The quantitative estimate of drug-likeness (QED) is 0.374. The summed E-state index contributed by atoms with van der Waals surface area (Å²) in [5, 5.41) is 21.9. The third-order valence-corrected chi connectivity index (χ3v) is 5.94. The summed E-state index contributed by atoms with van der Waals surface area (Å²) < 4.78 is 74.6. The van der Waals surface area contributed by atoms with Gasteiger partial charge in [0.1, 0.15) is 0 Å². The highest BCUT2D eigenvalue weighted by Crippen LogP contribution is 2.31. The zero-order chi connectivity index (χ0) is 31.1. The van der Waals surface area contributed by atoms with E-state index in [9.17, 15) is 26.3 Å². The van der Waals surface area contributed by atoms with Crippen LogP contribution < -0.4 is 10.2 Å². The molecule has 228 valence electrons. The maximum Gasteiger partial charge on any atom is 0.490 e. The van der Waals surface area contributed by atoms with E-state index in [2.05, 4.69) is 32.5 Å². The Balaban J connectivity index is 0.000000289. The second-order valence-electron chi connectivity index (χ2n) is 8.83. The van der Waals surface area contributed by atoms with Gasteiger partial charge in [0.15, 0.2) is 0 Å². The summed E-state index contributed by atoms with van der Waals surface area (Å²) in [4.78, 5) is 29.4. The van der Waals surface area contributed by atoms with Gasteiger partial charge in [-0.3, -0.25) is 4.98 Å². The van der Waals surface area contributed by atoms with E-state index in [0.717, 1.165) is 68.3 Å². The number of alkyl halides is 6. The molecule has 0 unspecified atom stereocenters. The molecule has 1 aromatic carbocycles. The van der Waals surface area contributed by atoms with E-state index < -0.39 is 24.3 Å². The average Bonchev–Trinajstić information content (AvgIpc) is 3.43. The summed E-state index contributed by atoms with van der Waals surface area (Å²) in [6, 6.07) is 8.27. The highest BCUT2D eigenvalue weighted by molar-refractivity contribution is 5.73. The van der Waals surface area contributed by atoms with Crippen LogP contribution in [0.15, 0.2) is 35.0 Å². The van der Waals surface area contributed by atoms with Crippen LogP contribution in [0.25, 0.3) is 22.8 Å². The molecule has 2 aliphatic rings. The van der Waals surface area contributed by atoms with Gasteiger partial charge in [-0.15, -0.1) is 0 Å². The van der Waals surface area contributed by atoms with Crippen LogP contribution in [0, 0.1) is 6.92 Å². The van der Waals surface area contributed by atoms with E-state index in [1.165, 1.54) is 11.1 Å². The molecule has 2 aromatic heterocycles. The standard InChI is InChI=1S/C21H23N5O2.2C2HF3O2/c1-14-19(18-5-6-22-12-16(18)13-23-14)20-24-21(28-25-20)15-3-2-4-17(11-15)26-7-9-27-10-8-26;2*3-2(4,5)1(6)7/h2-4,11,13,22H,5-10,12H2,1H3;2*(H,6,7). The molecule has 0 aliphatic carbocycles. The van der Waals surface area contributed by atoms with Crippen molar-refractivity contribution in [2.45, 2.75) is 32.2 Å². The van der Waals surface area contributed by atoms with E-state index >= 15 is 0 Å². The van der Waals surface area contributed by atoms with Crippen molar-refractivity contribution in [1.82, 2.24) is 20.4 Å². The molecule has 0 bridgehead atoms. The van der Waals surface area contributed by atoms with Gasteiger partial charge in [-0.2, -0.15) is 31.3 Å². The maximum atomic E-state index is 10.6. The Kier molecular flexibility index (Phi) is 10.5. The predicted octanol–water partition coefficient (Wildman–Crippen LogP) is 3.86. The average molecular weight is 605 g/mol. The number of ether oxygens (including phenoxy) is 1. The molecular weight excluding hydrogens is 580 g/mol. The van der Waals surface area contributed by atoms with Crippen molar-refractivity contribution in [3.63, 3.8) is 0 Å². The SMILES string of the molecule is Cc1ncc2c(c1-c1noc(-c3cccc(N4CCOCC4)c3)n1)CCNC2.O=C(O)C(F)(F)F.O=C(O)C(F)(F)F. The monoisotopic (exact) mass is 605 g/mol. The molecule has 0 saturated carbocycles. The van der Waals surface area contributed by atoms with Crippen LogP contribution in [-0.4, -0.2) is 82.5 Å². The van der Waals surface area contributed by atoms with Crippen LogP contribution >= 0.6 is 0 Å². The first kappa shape index (κ1) is 32.3. The Bertz CT molecular complexity index is 1360. The number of hydrogen-bond donors (Lipinski definition) is 3. The van der Waals surface area contributed by atoms with Gasteiger partial charge in [-0.25, -0.2) is 9.59 Å². The lowest BCUT2D eigenvalue weighted by atomic mass is 9.95. The Morgan fingerprint density at radius 3 is 2.24 bits per heavy atom. The van der Waals surface area contributed by atoms with Gasteiger partial charge in [0.2, 0.25) is 5.82 Å². The number of benzene rings is 1. The number of halogens is 6. The van der Waals surface area contributed by atoms with E-state index in [4.69, 9.17) is 34.0 Å². The molecule has 0 amide bonds. The van der Waals surface area contributed by atoms with Gasteiger partial charge in [0.05, 0.1) is 13.2 Å². The smallest absolute Gasteiger partial charge is 0.475 e. The molecule has 5 rings (SSSR count). The number of carboxylic acids is 2. The third-order valence-electron chi connectivity index (χ3n) is 5.94. The summed E-state index contributed by atoms with van der Waals surface area (Å²) in [5.74, 6) is -4.36. The Morgan fingerprint density at radius 2 is 1.64 bits per heavy atom. The number of anilines is 1. The molecule has 42 heavy (non-hydrogen) atoms.